The third kappa shape index (κ3) is 6.08. The van der Waals surface area contributed by atoms with Crippen LogP contribution in [0.25, 0.3) is 0 Å². The molecule has 1 aliphatic carbocycles. The normalized spacial score (nSPS) is 14.1. The number of halogens is 2. The Kier molecular flexibility index (Phi) is 8.77. The smallest absolute Gasteiger partial charge is 0.341 e. The highest BCUT2D eigenvalue weighted by Gasteiger charge is 2.26. The lowest BCUT2D eigenvalue weighted by atomic mass is 10.0. The minimum Gasteiger partial charge on any atom is -0.483 e. The third-order valence-electron chi connectivity index (χ3n) is 4.91. The molecule has 0 radical (unpaired) electrons. The van der Waals surface area contributed by atoms with E-state index in [1.54, 1.807) is 13.0 Å². The van der Waals surface area contributed by atoms with Crippen LogP contribution in [-0.2, 0) is 22.4 Å². The van der Waals surface area contributed by atoms with Gasteiger partial charge in [0, 0.05) is 9.35 Å². The van der Waals surface area contributed by atoms with Crippen LogP contribution in [-0.4, -0.2) is 25.1 Å². The van der Waals surface area contributed by atoms with Crippen LogP contribution in [0.1, 0.15) is 59.8 Å². The molecule has 162 valence electrons. The number of aryl methyl sites for hydroxylation is 1. The van der Waals surface area contributed by atoms with Crippen LogP contribution in [0.3, 0.4) is 0 Å². The number of carbonyl (C=O) groups is 2. The number of rotatable bonds is 6. The van der Waals surface area contributed by atoms with Crippen molar-refractivity contribution in [2.24, 2.45) is 0 Å². The maximum Gasteiger partial charge on any atom is 0.341 e. The fourth-order valence-electron chi connectivity index (χ4n) is 3.50. The average Bonchev–Trinajstić information content (AvgIpc) is 3.07. The summed E-state index contributed by atoms with van der Waals surface area (Å²) in [5.74, 6) is -0.0865. The Hall–Kier alpha value is -1.38. The summed E-state index contributed by atoms with van der Waals surface area (Å²) in [6, 6.07) is 5.48. The minimum absolute atomic E-state index is 0.148. The zero-order valence-corrected chi connectivity index (χ0v) is 20.9. The zero-order chi connectivity index (χ0) is 21.5. The Morgan fingerprint density at radius 1 is 1.10 bits per heavy atom. The van der Waals surface area contributed by atoms with Crippen molar-refractivity contribution < 1.29 is 19.1 Å². The van der Waals surface area contributed by atoms with E-state index < -0.39 is 0 Å². The Morgan fingerprint density at radius 2 is 1.83 bits per heavy atom. The molecular formula is C22H25Br2NO4S. The number of fused-ring (bicyclic) bond motifs is 1. The molecule has 8 heteroatoms. The molecule has 0 spiro atoms. The summed E-state index contributed by atoms with van der Waals surface area (Å²) in [6.45, 7) is 1.95. The van der Waals surface area contributed by atoms with Gasteiger partial charge in [-0.3, -0.25) is 4.79 Å². The second-order valence-electron chi connectivity index (χ2n) is 7.11. The predicted octanol–water partition coefficient (Wildman–Crippen LogP) is 6.52. The number of ether oxygens (including phenoxy) is 2. The third-order valence-corrected chi connectivity index (χ3v) is 7.23. The lowest BCUT2D eigenvalue weighted by molar-refractivity contribution is -0.118. The van der Waals surface area contributed by atoms with Crippen molar-refractivity contribution >= 4 is 60.1 Å². The van der Waals surface area contributed by atoms with Crippen molar-refractivity contribution in [1.29, 1.82) is 0 Å². The summed E-state index contributed by atoms with van der Waals surface area (Å²) in [7, 11) is 0. The number of carbonyl (C=O) groups excluding carboxylic acids is 2. The number of amides is 1. The summed E-state index contributed by atoms with van der Waals surface area (Å²) < 4.78 is 12.6. The first-order chi connectivity index (χ1) is 14.5. The van der Waals surface area contributed by atoms with Gasteiger partial charge in [0.15, 0.2) is 6.61 Å². The van der Waals surface area contributed by atoms with E-state index in [2.05, 4.69) is 37.2 Å². The Bertz CT molecular complexity index is 913. The summed E-state index contributed by atoms with van der Waals surface area (Å²) in [4.78, 5) is 26.5. The predicted molar refractivity (Wildman–Crippen MR) is 127 cm³/mol. The van der Waals surface area contributed by atoms with Gasteiger partial charge in [0.2, 0.25) is 0 Å². The number of nitrogens with one attached hydrogen (secondary N) is 1. The fourth-order valence-corrected chi connectivity index (χ4v) is 5.96. The topological polar surface area (TPSA) is 64.6 Å². The lowest BCUT2D eigenvalue weighted by Gasteiger charge is -2.10. The molecule has 2 aromatic rings. The van der Waals surface area contributed by atoms with E-state index in [1.165, 1.54) is 29.1 Å². The number of hydrogen-bond acceptors (Lipinski definition) is 5. The second kappa shape index (κ2) is 11.3. The molecule has 0 fully saturated rings. The SMILES string of the molecule is CCOC(=O)c1c(NC(=O)COc2ccc(Br)cc2Br)sc2c1CCCCCCC2. The van der Waals surface area contributed by atoms with Gasteiger partial charge in [0.05, 0.1) is 16.6 Å². The van der Waals surface area contributed by atoms with Gasteiger partial charge in [0.25, 0.3) is 5.91 Å². The Balaban J connectivity index is 1.77. The van der Waals surface area contributed by atoms with E-state index in [1.807, 2.05) is 12.1 Å². The highest BCUT2D eigenvalue weighted by atomic mass is 79.9. The van der Waals surface area contributed by atoms with Gasteiger partial charge < -0.3 is 14.8 Å². The van der Waals surface area contributed by atoms with Crippen molar-refractivity contribution in [1.82, 2.24) is 0 Å². The van der Waals surface area contributed by atoms with Gasteiger partial charge in [-0.15, -0.1) is 11.3 Å². The van der Waals surface area contributed by atoms with Crippen molar-refractivity contribution in [3.05, 3.63) is 43.1 Å². The number of hydrogen-bond donors (Lipinski definition) is 1. The second-order valence-corrected chi connectivity index (χ2v) is 9.98. The quantitative estimate of drug-likeness (QED) is 0.410. The maximum absolute atomic E-state index is 12.7. The molecule has 0 saturated heterocycles. The van der Waals surface area contributed by atoms with E-state index in [0.29, 0.717) is 22.9 Å². The standard InChI is InChI=1S/C22H25Br2NO4S/c1-2-28-22(27)20-15-8-6-4-3-5-7-9-18(15)30-21(20)25-19(26)13-29-17-11-10-14(23)12-16(17)24/h10-12H,2-9,13H2,1H3,(H,25,26). The number of benzene rings is 1. The molecular weight excluding hydrogens is 534 g/mol. The van der Waals surface area contributed by atoms with Crippen LogP contribution in [0.2, 0.25) is 0 Å². The molecule has 0 aliphatic heterocycles. The van der Waals surface area contributed by atoms with Crippen molar-refractivity contribution in [2.45, 2.75) is 51.9 Å². The summed E-state index contributed by atoms with van der Waals surface area (Å²) in [5.41, 5.74) is 1.57. The van der Waals surface area contributed by atoms with Crippen LogP contribution in [0.15, 0.2) is 27.1 Å². The number of anilines is 1. The molecule has 1 heterocycles. The molecule has 0 atom stereocenters. The van der Waals surface area contributed by atoms with Gasteiger partial charge in [0.1, 0.15) is 10.8 Å². The largest absolute Gasteiger partial charge is 0.483 e. The van der Waals surface area contributed by atoms with Gasteiger partial charge in [-0.25, -0.2) is 4.79 Å². The number of thiophene rings is 1. The summed E-state index contributed by atoms with van der Waals surface area (Å²) >= 11 is 8.32. The van der Waals surface area contributed by atoms with Gasteiger partial charge in [-0.05, 0) is 72.3 Å². The summed E-state index contributed by atoms with van der Waals surface area (Å²) in [6.07, 6.45) is 7.52. The van der Waals surface area contributed by atoms with Crippen molar-refractivity contribution in [2.75, 3.05) is 18.5 Å². The van der Waals surface area contributed by atoms with Gasteiger partial charge in [-0.2, -0.15) is 0 Å². The van der Waals surface area contributed by atoms with E-state index in [9.17, 15) is 9.59 Å². The molecule has 0 bridgehead atoms. The van der Waals surface area contributed by atoms with Crippen LogP contribution < -0.4 is 10.1 Å². The van der Waals surface area contributed by atoms with E-state index >= 15 is 0 Å². The number of esters is 1. The van der Waals surface area contributed by atoms with E-state index in [4.69, 9.17) is 9.47 Å². The van der Waals surface area contributed by atoms with Crippen LogP contribution in [0.5, 0.6) is 5.75 Å². The first-order valence-electron chi connectivity index (χ1n) is 10.2. The molecule has 1 aromatic carbocycles. The molecule has 3 rings (SSSR count). The Morgan fingerprint density at radius 3 is 2.57 bits per heavy atom. The molecule has 0 saturated carbocycles. The van der Waals surface area contributed by atoms with Crippen LogP contribution >= 0.6 is 43.2 Å². The molecule has 1 N–H and O–H groups in total. The lowest BCUT2D eigenvalue weighted by Crippen LogP contribution is -2.21. The summed E-state index contributed by atoms with van der Waals surface area (Å²) in [5, 5.41) is 3.47. The fraction of sp³-hybridized carbons (Fsp3) is 0.455. The molecule has 1 aliphatic rings. The van der Waals surface area contributed by atoms with Gasteiger partial charge >= 0.3 is 5.97 Å². The minimum atomic E-state index is -0.360. The Labute approximate surface area is 197 Å². The molecule has 1 aromatic heterocycles. The average molecular weight is 559 g/mol. The molecule has 5 nitrogen and oxygen atoms in total. The van der Waals surface area contributed by atoms with Crippen LogP contribution in [0, 0.1) is 0 Å². The molecule has 1 amide bonds. The van der Waals surface area contributed by atoms with Crippen LogP contribution in [0.4, 0.5) is 5.00 Å². The first-order valence-corrected chi connectivity index (χ1v) is 12.6. The monoisotopic (exact) mass is 557 g/mol. The van der Waals surface area contributed by atoms with E-state index in [0.717, 1.165) is 46.6 Å². The first kappa shape index (κ1) is 23.3. The van der Waals surface area contributed by atoms with Crippen molar-refractivity contribution in [3.8, 4) is 5.75 Å². The molecule has 0 unspecified atom stereocenters. The zero-order valence-electron chi connectivity index (χ0n) is 16.9. The molecule has 30 heavy (non-hydrogen) atoms. The highest BCUT2D eigenvalue weighted by molar-refractivity contribution is 9.11. The van der Waals surface area contributed by atoms with Gasteiger partial charge in [-0.1, -0.05) is 35.2 Å². The highest BCUT2D eigenvalue weighted by Crippen LogP contribution is 2.37. The van der Waals surface area contributed by atoms with Crippen molar-refractivity contribution in [3.63, 3.8) is 0 Å². The maximum atomic E-state index is 12.7. The van der Waals surface area contributed by atoms with E-state index in [-0.39, 0.29) is 18.5 Å².